The lowest BCUT2D eigenvalue weighted by Gasteiger charge is -2.30. The smallest absolute Gasteiger partial charge is 0.174 e. The van der Waals surface area contributed by atoms with Crippen LogP contribution in [0.4, 0.5) is 0 Å². The zero-order chi connectivity index (χ0) is 16.1. The summed E-state index contributed by atoms with van der Waals surface area (Å²) in [4.78, 5) is 1.12. The molecule has 6 nitrogen and oxygen atoms in total. The van der Waals surface area contributed by atoms with Crippen LogP contribution in [-0.2, 0) is 0 Å². The van der Waals surface area contributed by atoms with Gasteiger partial charge < -0.3 is 14.9 Å². The number of nitrogens with zero attached hydrogens (tertiary/aromatic N) is 3. The number of methoxy groups -OCH3 is 1. The van der Waals surface area contributed by atoms with Gasteiger partial charge >= 0.3 is 0 Å². The lowest BCUT2D eigenvalue weighted by atomic mass is 10.0. The van der Waals surface area contributed by atoms with Crippen LogP contribution in [0, 0.1) is 5.92 Å². The predicted octanol–water partition coefficient (Wildman–Crippen LogP) is 2.17. The quantitative estimate of drug-likeness (QED) is 0.593. The van der Waals surface area contributed by atoms with Gasteiger partial charge in [0.1, 0.15) is 17.8 Å². The lowest BCUT2D eigenvalue weighted by molar-refractivity contribution is -0.112. The molecule has 2 N–H and O–H groups in total. The lowest BCUT2D eigenvalue weighted by Crippen LogP contribution is -2.44. The molecule has 0 bridgehead atoms. The fourth-order valence-corrected chi connectivity index (χ4v) is 3.35. The normalized spacial score (nSPS) is 19.2. The van der Waals surface area contributed by atoms with Gasteiger partial charge in [-0.3, -0.25) is 5.01 Å². The van der Waals surface area contributed by atoms with E-state index in [4.69, 9.17) is 4.74 Å². The van der Waals surface area contributed by atoms with Crippen molar-refractivity contribution in [3.8, 4) is 5.75 Å². The number of thioether (sulfide) groups is 1. The van der Waals surface area contributed by atoms with Crippen molar-refractivity contribution in [3.63, 3.8) is 0 Å². The molecule has 1 aromatic carbocycles. The van der Waals surface area contributed by atoms with Gasteiger partial charge in [0, 0.05) is 10.6 Å². The minimum atomic E-state index is -1.41. The van der Waals surface area contributed by atoms with Crippen molar-refractivity contribution in [1.29, 1.82) is 0 Å². The maximum atomic E-state index is 9.49. The summed E-state index contributed by atoms with van der Waals surface area (Å²) in [7, 11) is 1.65. The highest BCUT2D eigenvalue weighted by Crippen LogP contribution is 2.27. The standard InChI is InChI=1S/C15H23N3O3S/c1-10(2)14(15(19)20)18-8-11(16-17-18)9-22-13-6-4-5-12(7-13)21-3/h4-7,10-11,14-15,19-20H,8-9H2,1-3H3/t11?,14-/m1/s1. The van der Waals surface area contributed by atoms with E-state index in [1.54, 1.807) is 23.9 Å². The Morgan fingerprint density at radius 2 is 2.18 bits per heavy atom. The average Bonchev–Trinajstić information content (AvgIpc) is 2.93. The highest BCUT2D eigenvalue weighted by Gasteiger charge is 2.32. The first kappa shape index (κ1) is 17.1. The molecule has 0 aliphatic carbocycles. The number of hydrogen-bond acceptors (Lipinski definition) is 7. The topological polar surface area (TPSA) is 77.7 Å². The fourth-order valence-electron chi connectivity index (χ4n) is 2.42. The molecule has 22 heavy (non-hydrogen) atoms. The summed E-state index contributed by atoms with van der Waals surface area (Å²) in [6.07, 6.45) is -1.41. The molecule has 1 heterocycles. The summed E-state index contributed by atoms with van der Waals surface area (Å²) in [6, 6.07) is 7.53. The van der Waals surface area contributed by atoms with E-state index in [1.165, 1.54) is 0 Å². The molecule has 1 unspecified atom stereocenters. The van der Waals surface area contributed by atoms with Crippen molar-refractivity contribution in [2.75, 3.05) is 19.4 Å². The van der Waals surface area contributed by atoms with Gasteiger partial charge in [0.05, 0.1) is 13.7 Å². The molecule has 1 aliphatic rings. The van der Waals surface area contributed by atoms with E-state index in [2.05, 4.69) is 10.3 Å². The molecular formula is C15H23N3O3S. The molecule has 1 aromatic rings. The van der Waals surface area contributed by atoms with Gasteiger partial charge in [-0.15, -0.1) is 11.8 Å². The van der Waals surface area contributed by atoms with Crippen molar-refractivity contribution in [2.24, 2.45) is 16.3 Å². The molecule has 0 amide bonds. The van der Waals surface area contributed by atoms with Gasteiger partial charge in [0.15, 0.2) is 6.29 Å². The molecule has 0 fully saturated rings. The molecule has 0 radical (unpaired) electrons. The summed E-state index contributed by atoms with van der Waals surface area (Å²) < 4.78 is 5.21. The molecule has 1 aliphatic heterocycles. The molecule has 2 rings (SSSR count). The first-order valence-electron chi connectivity index (χ1n) is 7.31. The zero-order valence-corrected chi connectivity index (χ0v) is 13.9. The van der Waals surface area contributed by atoms with Gasteiger partial charge in [0.2, 0.25) is 0 Å². The molecule has 0 aromatic heterocycles. The second-order valence-corrected chi connectivity index (χ2v) is 6.71. The third-order valence-electron chi connectivity index (χ3n) is 3.54. The molecule has 0 saturated heterocycles. The van der Waals surface area contributed by atoms with E-state index in [0.717, 1.165) is 16.4 Å². The number of aliphatic hydroxyl groups excluding tert-OH is 1. The van der Waals surface area contributed by atoms with Crippen molar-refractivity contribution in [2.45, 2.75) is 37.1 Å². The Labute approximate surface area is 135 Å². The fraction of sp³-hybridized carbons (Fsp3) is 0.600. The van der Waals surface area contributed by atoms with Crippen LogP contribution in [0.1, 0.15) is 13.8 Å². The van der Waals surface area contributed by atoms with Crippen molar-refractivity contribution < 1.29 is 14.9 Å². The van der Waals surface area contributed by atoms with Crippen LogP contribution in [0.15, 0.2) is 39.5 Å². The highest BCUT2D eigenvalue weighted by atomic mass is 32.2. The summed E-state index contributed by atoms with van der Waals surface area (Å²) >= 11 is 1.69. The van der Waals surface area contributed by atoms with Crippen LogP contribution in [-0.4, -0.2) is 53.0 Å². The van der Waals surface area contributed by atoms with Gasteiger partial charge in [-0.25, -0.2) is 0 Å². The van der Waals surface area contributed by atoms with Crippen LogP contribution < -0.4 is 4.74 Å². The van der Waals surface area contributed by atoms with Crippen LogP contribution >= 0.6 is 11.8 Å². The van der Waals surface area contributed by atoms with Gasteiger partial charge in [0.25, 0.3) is 0 Å². The summed E-state index contributed by atoms with van der Waals surface area (Å²) in [5, 5.41) is 29.0. The summed E-state index contributed by atoms with van der Waals surface area (Å²) in [5.74, 6) is 1.71. The molecule has 122 valence electrons. The van der Waals surface area contributed by atoms with Crippen molar-refractivity contribution >= 4 is 11.8 Å². The Balaban J connectivity index is 1.87. The largest absolute Gasteiger partial charge is 0.497 e. The van der Waals surface area contributed by atoms with Crippen molar-refractivity contribution in [1.82, 2.24) is 5.01 Å². The van der Waals surface area contributed by atoms with Crippen LogP contribution in [0.5, 0.6) is 5.75 Å². The highest BCUT2D eigenvalue weighted by molar-refractivity contribution is 7.99. The summed E-state index contributed by atoms with van der Waals surface area (Å²) in [6.45, 7) is 4.49. The van der Waals surface area contributed by atoms with E-state index in [1.807, 2.05) is 38.1 Å². The van der Waals surface area contributed by atoms with E-state index in [0.29, 0.717) is 6.54 Å². The van der Waals surface area contributed by atoms with E-state index >= 15 is 0 Å². The van der Waals surface area contributed by atoms with E-state index in [-0.39, 0.29) is 12.0 Å². The number of hydrogen-bond donors (Lipinski definition) is 2. The number of benzene rings is 1. The second kappa shape index (κ2) is 7.80. The molecule has 7 heteroatoms. The van der Waals surface area contributed by atoms with Crippen LogP contribution in [0.2, 0.25) is 0 Å². The molecule has 0 saturated carbocycles. The van der Waals surface area contributed by atoms with E-state index < -0.39 is 12.3 Å². The molecule has 2 atom stereocenters. The average molecular weight is 325 g/mol. The summed E-state index contributed by atoms with van der Waals surface area (Å²) in [5.41, 5.74) is 0. The first-order valence-corrected chi connectivity index (χ1v) is 8.30. The van der Waals surface area contributed by atoms with Gasteiger partial charge in [-0.05, 0) is 24.1 Å². The Hall–Kier alpha value is -1.31. The molecule has 0 spiro atoms. The maximum absolute atomic E-state index is 9.49. The van der Waals surface area contributed by atoms with Gasteiger partial charge in [-0.2, -0.15) is 5.11 Å². The SMILES string of the molecule is COc1cccc(SCC2CN([C@H](C(C)C)C(O)O)N=N2)c1. The second-order valence-electron chi connectivity index (χ2n) is 5.62. The Morgan fingerprint density at radius 1 is 1.41 bits per heavy atom. The Morgan fingerprint density at radius 3 is 2.82 bits per heavy atom. The zero-order valence-electron chi connectivity index (χ0n) is 13.1. The van der Waals surface area contributed by atoms with Gasteiger partial charge in [-0.1, -0.05) is 25.1 Å². The monoisotopic (exact) mass is 325 g/mol. The Bertz CT molecular complexity index is 503. The minimum Gasteiger partial charge on any atom is -0.497 e. The maximum Gasteiger partial charge on any atom is 0.174 e. The number of ether oxygens (including phenoxy) is 1. The van der Waals surface area contributed by atoms with Crippen LogP contribution in [0.3, 0.4) is 0 Å². The third-order valence-corrected chi connectivity index (χ3v) is 4.68. The van der Waals surface area contributed by atoms with Crippen LogP contribution in [0.25, 0.3) is 0 Å². The number of rotatable bonds is 7. The number of aliphatic hydroxyl groups is 2. The molecular weight excluding hydrogens is 302 g/mol. The Kier molecular flexibility index (Phi) is 6.05. The van der Waals surface area contributed by atoms with E-state index in [9.17, 15) is 10.2 Å². The minimum absolute atomic E-state index is 0.0520. The first-order chi connectivity index (χ1) is 10.5. The third kappa shape index (κ3) is 4.34. The van der Waals surface area contributed by atoms with Crippen molar-refractivity contribution in [3.05, 3.63) is 24.3 Å². The predicted molar refractivity (Wildman–Crippen MR) is 85.9 cm³/mol.